The molecule has 0 bridgehead atoms. The van der Waals surface area contributed by atoms with E-state index in [0.29, 0.717) is 31.7 Å². The third-order valence-electron chi connectivity index (χ3n) is 5.44. The fourth-order valence-corrected chi connectivity index (χ4v) is 3.81. The Morgan fingerprint density at radius 2 is 1.45 bits per heavy atom. The molecule has 1 N–H and O–H groups in total. The van der Waals surface area contributed by atoms with Crippen molar-refractivity contribution < 1.29 is 14.0 Å². The Morgan fingerprint density at radius 1 is 0.862 bits per heavy atom. The molecule has 1 fully saturated rings. The highest BCUT2D eigenvalue weighted by Gasteiger charge is 2.30. The molecule has 2 heterocycles. The summed E-state index contributed by atoms with van der Waals surface area (Å²) in [6, 6.07) is 23.2. The summed E-state index contributed by atoms with van der Waals surface area (Å²) in [6.45, 7) is 1.11. The van der Waals surface area contributed by atoms with E-state index < -0.39 is 0 Å². The van der Waals surface area contributed by atoms with Crippen LogP contribution in [0.2, 0.25) is 0 Å². The first-order chi connectivity index (χ1) is 14.2. The Morgan fingerprint density at radius 3 is 1.97 bits per heavy atom. The van der Waals surface area contributed by atoms with Gasteiger partial charge in [0.15, 0.2) is 5.76 Å². The maximum atomic E-state index is 13.0. The number of amides is 2. The predicted octanol–water partition coefficient (Wildman–Crippen LogP) is 4.04. The van der Waals surface area contributed by atoms with Crippen LogP contribution < -0.4 is 5.32 Å². The van der Waals surface area contributed by atoms with Crippen LogP contribution in [0.1, 0.15) is 40.6 Å². The van der Waals surface area contributed by atoms with Crippen LogP contribution in [0.4, 0.5) is 0 Å². The van der Waals surface area contributed by atoms with Crippen LogP contribution in [-0.2, 0) is 4.79 Å². The van der Waals surface area contributed by atoms with Gasteiger partial charge in [-0.2, -0.15) is 0 Å². The second kappa shape index (κ2) is 8.78. The molecular formula is C24H24N2O3. The predicted molar refractivity (Wildman–Crippen MR) is 110 cm³/mol. The van der Waals surface area contributed by atoms with E-state index >= 15 is 0 Å². The highest BCUT2D eigenvalue weighted by Crippen LogP contribution is 2.25. The number of carbonyl (C=O) groups excluding carboxylic acids is 2. The Hall–Kier alpha value is -3.34. The fourth-order valence-electron chi connectivity index (χ4n) is 3.81. The molecule has 5 heteroatoms. The Kier molecular flexibility index (Phi) is 5.75. The Labute approximate surface area is 170 Å². The van der Waals surface area contributed by atoms with Gasteiger partial charge >= 0.3 is 0 Å². The van der Waals surface area contributed by atoms with E-state index in [9.17, 15) is 9.59 Å². The van der Waals surface area contributed by atoms with Crippen molar-refractivity contribution in [3.8, 4) is 0 Å². The molecule has 1 aliphatic rings. The minimum atomic E-state index is -0.187. The molecule has 0 unspecified atom stereocenters. The van der Waals surface area contributed by atoms with E-state index in [1.165, 1.54) is 6.26 Å². The van der Waals surface area contributed by atoms with Gasteiger partial charge in [-0.25, -0.2) is 0 Å². The normalized spacial score (nSPS) is 14.7. The van der Waals surface area contributed by atoms with Crippen LogP contribution >= 0.6 is 0 Å². The number of piperidine rings is 1. The number of furan rings is 1. The first-order valence-corrected chi connectivity index (χ1v) is 9.95. The van der Waals surface area contributed by atoms with Crippen molar-refractivity contribution in [2.24, 2.45) is 5.92 Å². The maximum absolute atomic E-state index is 13.0. The smallest absolute Gasteiger partial charge is 0.289 e. The summed E-state index contributed by atoms with van der Waals surface area (Å²) < 4.78 is 5.20. The van der Waals surface area contributed by atoms with Gasteiger partial charge in [-0.15, -0.1) is 0 Å². The van der Waals surface area contributed by atoms with Crippen molar-refractivity contribution in [3.05, 3.63) is 95.9 Å². The van der Waals surface area contributed by atoms with Gasteiger partial charge in [-0.05, 0) is 36.1 Å². The molecule has 2 amide bonds. The van der Waals surface area contributed by atoms with Crippen LogP contribution in [0.5, 0.6) is 0 Å². The number of likely N-dealkylation sites (tertiary alicyclic amines) is 1. The summed E-state index contributed by atoms with van der Waals surface area (Å²) in [6.07, 6.45) is 2.80. The monoisotopic (exact) mass is 388 g/mol. The Bertz CT molecular complexity index is 891. The second-order valence-corrected chi connectivity index (χ2v) is 7.31. The van der Waals surface area contributed by atoms with Gasteiger partial charge in [0.1, 0.15) is 0 Å². The largest absolute Gasteiger partial charge is 0.459 e. The highest BCUT2D eigenvalue weighted by molar-refractivity contribution is 5.91. The minimum absolute atomic E-state index is 0.0350. The first kappa shape index (κ1) is 19.0. The minimum Gasteiger partial charge on any atom is -0.459 e. The van der Waals surface area contributed by atoms with Crippen molar-refractivity contribution in [2.45, 2.75) is 18.9 Å². The SMILES string of the molecule is O=C(NC(c1ccccc1)c1ccccc1)C1CCN(C(=O)c2ccco2)CC1. The zero-order valence-corrected chi connectivity index (χ0v) is 16.2. The summed E-state index contributed by atoms with van der Waals surface area (Å²) in [5.74, 6) is 0.166. The lowest BCUT2D eigenvalue weighted by atomic mass is 9.93. The molecule has 2 aromatic carbocycles. The van der Waals surface area contributed by atoms with E-state index in [1.807, 2.05) is 60.7 Å². The summed E-state index contributed by atoms with van der Waals surface area (Å²) >= 11 is 0. The zero-order valence-electron chi connectivity index (χ0n) is 16.2. The number of rotatable bonds is 5. The molecule has 5 nitrogen and oxygen atoms in total. The Balaban J connectivity index is 1.42. The van der Waals surface area contributed by atoms with E-state index in [-0.39, 0.29) is 23.8 Å². The molecule has 148 valence electrons. The van der Waals surface area contributed by atoms with Gasteiger partial charge in [-0.3, -0.25) is 9.59 Å². The number of nitrogens with zero attached hydrogens (tertiary/aromatic N) is 1. The quantitative estimate of drug-likeness (QED) is 0.718. The van der Waals surface area contributed by atoms with Crippen molar-refractivity contribution in [2.75, 3.05) is 13.1 Å². The molecule has 0 aliphatic carbocycles. The molecule has 1 saturated heterocycles. The van der Waals surface area contributed by atoms with Crippen LogP contribution in [-0.4, -0.2) is 29.8 Å². The highest BCUT2D eigenvalue weighted by atomic mass is 16.3. The summed E-state index contributed by atoms with van der Waals surface area (Å²) in [7, 11) is 0. The molecule has 4 rings (SSSR count). The number of carbonyl (C=O) groups is 2. The van der Waals surface area contributed by atoms with Crippen molar-refractivity contribution in [3.63, 3.8) is 0 Å². The lowest BCUT2D eigenvalue weighted by Gasteiger charge is -2.32. The van der Waals surface area contributed by atoms with Crippen LogP contribution in [0.3, 0.4) is 0 Å². The molecule has 0 spiro atoms. The van der Waals surface area contributed by atoms with Crippen LogP contribution in [0.15, 0.2) is 83.5 Å². The molecule has 3 aromatic rings. The summed E-state index contributed by atoms with van der Waals surface area (Å²) in [5, 5.41) is 3.23. The van der Waals surface area contributed by atoms with Crippen molar-refractivity contribution >= 4 is 11.8 Å². The van der Waals surface area contributed by atoms with Gasteiger partial charge in [-0.1, -0.05) is 60.7 Å². The van der Waals surface area contributed by atoms with Gasteiger partial charge in [0, 0.05) is 19.0 Å². The van der Waals surface area contributed by atoms with Crippen molar-refractivity contribution in [1.82, 2.24) is 10.2 Å². The summed E-state index contributed by atoms with van der Waals surface area (Å²) in [4.78, 5) is 27.2. The molecule has 0 atom stereocenters. The molecule has 0 radical (unpaired) electrons. The molecule has 0 saturated carbocycles. The average Bonchev–Trinajstić information content (AvgIpc) is 3.33. The molecular weight excluding hydrogens is 364 g/mol. The van der Waals surface area contributed by atoms with Gasteiger partial charge in [0.25, 0.3) is 5.91 Å². The van der Waals surface area contributed by atoms with E-state index in [1.54, 1.807) is 17.0 Å². The number of benzene rings is 2. The van der Waals surface area contributed by atoms with E-state index in [4.69, 9.17) is 4.42 Å². The third-order valence-corrected chi connectivity index (χ3v) is 5.44. The maximum Gasteiger partial charge on any atom is 0.289 e. The number of nitrogens with one attached hydrogen (secondary N) is 1. The summed E-state index contributed by atoms with van der Waals surface area (Å²) in [5.41, 5.74) is 2.11. The lowest BCUT2D eigenvalue weighted by Crippen LogP contribution is -2.43. The zero-order chi connectivity index (χ0) is 20.1. The van der Waals surface area contributed by atoms with E-state index in [0.717, 1.165) is 11.1 Å². The first-order valence-electron chi connectivity index (χ1n) is 9.95. The molecule has 29 heavy (non-hydrogen) atoms. The van der Waals surface area contributed by atoms with Gasteiger partial charge < -0.3 is 14.6 Å². The van der Waals surface area contributed by atoms with Gasteiger partial charge in [0.2, 0.25) is 5.91 Å². The van der Waals surface area contributed by atoms with Crippen LogP contribution in [0, 0.1) is 5.92 Å². The lowest BCUT2D eigenvalue weighted by molar-refractivity contribution is -0.126. The average molecular weight is 388 g/mol. The topological polar surface area (TPSA) is 62.6 Å². The molecule has 1 aromatic heterocycles. The van der Waals surface area contributed by atoms with Crippen molar-refractivity contribution in [1.29, 1.82) is 0 Å². The number of hydrogen-bond donors (Lipinski definition) is 1. The van der Waals surface area contributed by atoms with Crippen LogP contribution in [0.25, 0.3) is 0 Å². The molecule has 1 aliphatic heterocycles. The third kappa shape index (κ3) is 4.40. The van der Waals surface area contributed by atoms with E-state index in [2.05, 4.69) is 5.32 Å². The standard InChI is InChI=1S/C24H24N2O3/c27-23(20-13-15-26(16-14-20)24(28)21-12-7-17-29-21)25-22(18-8-3-1-4-9-18)19-10-5-2-6-11-19/h1-12,17,20,22H,13-16H2,(H,25,27). The fraction of sp³-hybridized carbons (Fsp3) is 0.250. The second-order valence-electron chi connectivity index (χ2n) is 7.31. The van der Waals surface area contributed by atoms with Gasteiger partial charge in [0.05, 0.1) is 12.3 Å². The number of hydrogen-bond acceptors (Lipinski definition) is 3.